The Morgan fingerprint density at radius 1 is 1.12 bits per heavy atom. The second kappa shape index (κ2) is 9.33. The maximum absolute atomic E-state index is 9.77. The monoisotopic (exact) mass is 361 g/mol. The van der Waals surface area contributed by atoms with Crippen LogP contribution < -0.4 is 9.47 Å². The fourth-order valence-electron chi connectivity index (χ4n) is 3.87. The minimum atomic E-state index is -1.83. The highest BCUT2D eigenvalue weighted by atomic mass is 16.6. The fourth-order valence-corrected chi connectivity index (χ4v) is 3.87. The molecule has 2 N–H and O–H groups in total. The lowest BCUT2D eigenvalue weighted by Crippen LogP contribution is -2.27. The molecule has 1 aromatic rings. The van der Waals surface area contributed by atoms with E-state index in [1.54, 1.807) is 7.11 Å². The molecule has 142 valence electrons. The lowest BCUT2D eigenvalue weighted by Gasteiger charge is -2.31. The second-order valence-corrected chi connectivity index (χ2v) is 6.93. The Hall–Kier alpha value is -2.42. The number of methoxy groups -OCH3 is 1. The highest BCUT2D eigenvalue weighted by Gasteiger charge is 2.35. The van der Waals surface area contributed by atoms with E-state index >= 15 is 0 Å². The van der Waals surface area contributed by atoms with Gasteiger partial charge in [-0.05, 0) is 56.2 Å². The van der Waals surface area contributed by atoms with Gasteiger partial charge in [-0.3, -0.25) is 0 Å². The molecule has 0 saturated heterocycles. The number of nitrogens with zero attached hydrogens (tertiary/aromatic N) is 1. The standard InChI is InChI=1S/C19H25NO2.CH2O3/c1-21-17-10-9-15(19(14-20)11-5-2-6-12-19)13-18(17)22-16-7-3-4-8-16;2-1(3)4/h9-10,13,16H,2-8,11-12H2,1H3;(H2,2,3,4). The largest absolute Gasteiger partial charge is 0.503 e. The van der Waals surface area contributed by atoms with E-state index in [-0.39, 0.29) is 5.41 Å². The molecule has 1 aromatic carbocycles. The summed E-state index contributed by atoms with van der Waals surface area (Å²) in [7, 11) is 1.68. The normalized spacial score (nSPS) is 18.9. The lowest BCUT2D eigenvalue weighted by atomic mass is 9.70. The predicted molar refractivity (Wildman–Crippen MR) is 96.9 cm³/mol. The van der Waals surface area contributed by atoms with Crippen molar-refractivity contribution in [3.63, 3.8) is 0 Å². The van der Waals surface area contributed by atoms with E-state index in [1.807, 2.05) is 6.07 Å². The molecule has 26 heavy (non-hydrogen) atoms. The molecule has 6 nitrogen and oxygen atoms in total. The highest BCUT2D eigenvalue weighted by molar-refractivity contribution is 5.53. The van der Waals surface area contributed by atoms with E-state index in [9.17, 15) is 5.26 Å². The van der Waals surface area contributed by atoms with Crippen LogP contribution in [0.15, 0.2) is 18.2 Å². The summed E-state index contributed by atoms with van der Waals surface area (Å²) in [5.74, 6) is 1.59. The van der Waals surface area contributed by atoms with E-state index in [4.69, 9.17) is 24.5 Å². The van der Waals surface area contributed by atoms with Crippen molar-refractivity contribution in [3.05, 3.63) is 23.8 Å². The van der Waals surface area contributed by atoms with Gasteiger partial charge in [0.1, 0.15) is 0 Å². The average molecular weight is 361 g/mol. The fraction of sp³-hybridized carbons (Fsp3) is 0.600. The number of carboxylic acid groups (broad SMARTS) is 2. The topological polar surface area (TPSA) is 99.8 Å². The molecule has 0 atom stereocenters. The SMILES string of the molecule is COc1ccc(C2(C#N)CCCCC2)cc1OC1CCCC1.O=C(O)O. The molecule has 2 saturated carbocycles. The zero-order valence-electron chi connectivity index (χ0n) is 15.2. The number of carbonyl (C=O) groups is 1. The molecule has 0 unspecified atom stereocenters. The first-order chi connectivity index (χ1) is 12.5. The zero-order chi connectivity index (χ0) is 19.0. The molecule has 2 aliphatic carbocycles. The number of nitriles is 1. The van der Waals surface area contributed by atoms with Crippen LogP contribution in [0.3, 0.4) is 0 Å². The van der Waals surface area contributed by atoms with Crippen LogP contribution >= 0.6 is 0 Å². The molecular formula is C20H27NO5. The van der Waals surface area contributed by atoms with Crippen molar-refractivity contribution in [1.82, 2.24) is 0 Å². The Labute approximate surface area is 154 Å². The molecule has 0 aromatic heterocycles. The van der Waals surface area contributed by atoms with Gasteiger partial charge in [-0.2, -0.15) is 5.26 Å². The Balaban J connectivity index is 0.000000552. The molecule has 0 amide bonds. The smallest absolute Gasteiger partial charge is 0.493 e. The Bertz CT molecular complexity index is 636. The summed E-state index contributed by atoms with van der Waals surface area (Å²) in [4.78, 5) is 8.56. The summed E-state index contributed by atoms with van der Waals surface area (Å²) in [6, 6.07) is 8.67. The minimum Gasteiger partial charge on any atom is -0.493 e. The third-order valence-corrected chi connectivity index (χ3v) is 5.23. The first kappa shape index (κ1) is 19.9. The maximum atomic E-state index is 9.77. The molecule has 6 heteroatoms. The minimum absolute atomic E-state index is 0.300. The van der Waals surface area contributed by atoms with E-state index in [0.29, 0.717) is 6.10 Å². The molecule has 0 spiro atoms. The zero-order valence-corrected chi connectivity index (χ0v) is 15.2. The van der Waals surface area contributed by atoms with Crippen molar-refractivity contribution in [1.29, 1.82) is 5.26 Å². The Kier molecular flexibility index (Phi) is 7.14. The van der Waals surface area contributed by atoms with Gasteiger partial charge < -0.3 is 19.7 Å². The Morgan fingerprint density at radius 3 is 2.27 bits per heavy atom. The summed E-state index contributed by atoms with van der Waals surface area (Å²) in [5.41, 5.74) is 0.765. The van der Waals surface area contributed by atoms with Crippen molar-refractivity contribution in [2.45, 2.75) is 69.3 Å². The van der Waals surface area contributed by atoms with Gasteiger partial charge in [0.2, 0.25) is 0 Å². The van der Waals surface area contributed by atoms with Gasteiger partial charge in [0.05, 0.1) is 24.7 Å². The first-order valence-corrected chi connectivity index (χ1v) is 9.19. The molecule has 2 fully saturated rings. The Morgan fingerprint density at radius 2 is 1.73 bits per heavy atom. The van der Waals surface area contributed by atoms with Gasteiger partial charge in [-0.25, -0.2) is 4.79 Å². The van der Waals surface area contributed by atoms with Crippen LogP contribution in [0.2, 0.25) is 0 Å². The number of benzene rings is 1. The van der Waals surface area contributed by atoms with Crippen LogP contribution in [0.1, 0.15) is 63.4 Å². The van der Waals surface area contributed by atoms with Gasteiger partial charge in [-0.1, -0.05) is 25.3 Å². The first-order valence-electron chi connectivity index (χ1n) is 9.19. The van der Waals surface area contributed by atoms with Gasteiger partial charge >= 0.3 is 6.16 Å². The number of hydrogen-bond donors (Lipinski definition) is 2. The van der Waals surface area contributed by atoms with Gasteiger partial charge in [0.25, 0.3) is 0 Å². The molecule has 0 bridgehead atoms. The van der Waals surface area contributed by atoms with Gasteiger partial charge in [-0.15, -0.1) is 0 Å². The van der Waals surface area contributed by atoms with Crippen molar-refractivity contribution in [2.75, 3.05) is 7.11 Å². The van der Waals surface area contributed by atoms with Gasteiger partial charge in [0.15, 0.2) is 11.5 Å². The van der Waals surface area contributed by atoms with E-state index in [1.165, 1.54) is 19.3 Å². The van der Waals surface area contributed by atoms with Crippen molar-refractivity contribution < 1.29 is 24.5 Å². The quantitative estimate of drug-likeness (QED) is 0.786. The summed E-state index contributed by atoms with van der Waals surface area (Å²) in [5, 5.41) is 23.7. The molecule has 3 rings (SSSR count). The van der Waals surface area contributed by atoms with Crippen LogP contribution in [-0.2, 0) is 5.41 Å². The number of hydrogen-bond acceptors (Lipinski definition) is 4. The average Bonchev–Trinajstić information content (AvgIpc) is 3.15. The maximum Gasteiger partial charge on any atom is 0.503 e. The van der Waals surface area contributed by atoms with Crippen LogP contribution in [-0.4, -0.2) is 29.6 Å². The van der Waals surface area contributed by atoms with Crippen LogP contribution in [0.5, 0.6) is 11.5 Å². The summed E-state index contributed by atoms with van der Waals surface area (Å²) in [6.45, 7) is 0. The third-order valence-electron chi connectivity index (χ3n) is 5.23. The van der Waals surface area contributed by atoms with E-state index < -0.39 is 6.16 Å². The molecule has 0 radical (unpaired) electrons. The van der Waals surface area contributed by atoms with Crippen molar-refractivity contribution in [3.8, 4) is 17.6 Å². The lowest BCUT2D eigenvalue weighted by molar-refractivity contribution is 0.137. The van der Waals surface area contributed by atoms with Crippen molar-refractivity contribution in [2.24, 2.45) is 0 Å². The summed E-state index contributed by atoms with van der Waals surface area (Å²) < 4.78 is 11.6. The van der Waals surface area contributed by atoms with E-state index in [0.717, 1.165) is 55.6 Å². The number of ether oxygens (including phenoxy) is 2. The van der Waals surface area contributed by atoms with Crippen molar-refractivity contribution >= 4 is 6.16 Å². The predicted octanol–water partition coefficient (Wildman–Crippen LogP) is 4.96. The van der Waals surface area contributed by atoms with Crippen LogP contribution in [0, 0.1) is 11.3 Å². The van der Waals surface area contributed by atoms with Crippen LogP contribution in [0.25, 0.3) is 0 Å². The summed E-state index contributed by atoms with van der Waals surface area (Å²) in [6.07, 6.45) is 8.63. The number of rotatable bonds is 4. The third kappa shape index (κ3) is 5.04. The molecule has 0 heterocycles. The molecular weight excluding hydrogens is 334 g/mol. The van der Waals surface area contributed by atoms with E-state index in [2.05, 4.69) is 18.2 Å². The second-order valence-electron chi connectivity index (χ2n) is 6.93. The molecule has 0 aliphatic heterocycles. The summed E-state index contributed by atoms with van der Waals surface area (Å²) >= 11 is 0. The van der Waals surface area contributed by atoms with Crippen LogP contribution in [0.4, 0.5) is 4.79 Å². The highest BCUT2D eigenvalue weighted by Crippen LogP contribution is 2.42. The van der Waals surface area contributed by atoms with Gasteiger partial charge in [0, 0.05) is 0 Å². The molecule has 2 aliphatic rings.